The largest absolute Gasteiger partial charge is 0.455 e. The average Bonchev–Trinajstić information content (AvgIpc) is 1.60. The van der Waals surface area contributed by atoms with Crippen molar-refractivity contribution in [3.8, 4) is 100 Å². The molecule has 132 heavy (non-hydrogen) atoms. The Morgan fingerprint density at radius 2 is 0.455 bits per heavy atom. The Morgan fingerprint density at radius 1 is 0.197 bits per heavy atom. The second kappa shape index (κ2) is 33.8. The van der Waals surface area contributed by atoms with Crippen molar-refractivity contribution in [1.29, 1.82) is 0 Å². The fourth-order valence-electron chi connectivity index (χ4n) is 19.3. The molecule has 24 aromatic rings. The van der Waals surface area contributed by atoms with Gasteiger partial charge in [0.1, 0.15) is 22.3 Å². The van der Waals surface area contributed by atoms with Gasteiger partial charge in [-0.25, -0.2) is 0 Å². The summed E-state index contributed by atoms with van der Waals surface area (Å²) in [5, 5.41) is 9.48. The SMILES string of the molecule is C=C(C)c1ccc(-c2cc(-c3ccccc3)cc(-c3ccc(N(c4ccc(-c5cccc6c5oc5ccccc56)cc4)c4ccc(-c5cccc6c5oc5ccccc56)cc4)cc3)c2)cc1.C=C(C)c1ccc(-c2ccc(N(c3ccc(-c4ccc5c(c4)c4ccccc4n5-c4ccccc4)cc3)c3ccc(-c4ccc5c(c4)c4ccccc4n5-c4ccccc4)cc3)cc2)cc1. The fraction of sp³-hybridized carbons (Fsp3) is 0.0159. The van der Waals surface area contributed by atoms with Gasteiger partial charge in [0.15, 0.2) is 0 Å². The van der Waals surface area contributed by atoms with E-state index < -0.39 is 0 Å². The van der Waals surface area contributed by atoms with Crippen LogP contribution in [0.15, 0.2) is 495 Å². The molecule has 0 saturated carbocycles. The smallest absolute Gasteiger partial charge is 0.143 e. The molecule has 0 amide bonds. The predicted molar refractivity (Wildman–Crippen MR) is 558 cm³/mol. The first-order valence-electron chi connectivity index (χ1n) is 45.0. The van der Waals surface area contributed by atoms with E-state index in [9.17, 15) is 0 Å². The zero-order chi connectivity index (χ0) is 88.3. The zero-order valence-electron chi connectivity index (χ0n) is 73.1. The van der Waals surface area contributed by atoms with Gasteiger partial charge < -0.3 is 27.8 Å². The van der Waals surface area contributed by atoms with E-state index in [-0.39, 0.29) is 0 Å². The molecule has 0 saturated heterocycles. The standard InChI is InChI=1S/C63H45N3.C63H43NO2/c1-43(2)44-21-23-45(24-22-44)46-25-33-53(34-26-46)64(54-35-27-47(28-36-54)49-31-39-62-58(41-49)56-17-9-11-19-60(56)65(62)51-13-5-3-6-14-51)55-37-29-48(30-38-55)50-32-40-63-59(42-50)57-18-10-12-20-61(57)66(63)52-15-7-4-8-16-52;1-41(2)42-22-24-44(25-23-42)49-38-48(43-12-4-3-5-13-43)39-50(40-49)45-26-32-51(33-27-45)64(52-34-28-46(29-35-52)54-16-10-18-58-56-14-6-8-20-60(56)65-62(54)58)53-36-30-47(31-37-53)55-17-11-19-59-57-15-7-9-21-61(57)66-63(55)59/h3-42H,1H2,2H3;3-40H,1H2,2H3. The molecular weight excluding hydrogens is 1600 g/mol. The maximum atomic E-state index is 6.45. The number of hydrogen-bond acceptors (Lipinski definition) is 4. The summed E-state index contributed by atoms with van der Waals surface area (Å²) in [5.41, 5.74) is 39.9. The average molecular weight is 1690 g/mol. The molecule has 4 aromatic heterocycles. The lowest BCUT2D eigenvalue weighted by molar-refractivity contribution is 0.669. The van der Waals surface area contributed by atoms with Crippen molar-refractivity contribution in [3.63, 3.8) is 0 Å². The maximum Gasteiger partial charge on any atom is 0.143 e. The van der Waals surface area contributed by atoms with Crippen molar-refractivity contribution < 1.29 is 8.83 Å². The van der Waals surface area contributed by atoms with Gasteiger partial charge in [-0.05, 0) is 267 Å². The lowest BCUT2D eigenvalue weighted by atomic mass is 9.92. The van der Waals surface area contributed by atoms with Crippen LogP contribution in [0.25, 0.3) is 199 Å². The summed E-state index contributed by atoms with van der Waals surface area (Å²) in [7, 11) is 0. The molecule has 6 nitrogen and oxygen atoms in total. The zero-order valence-corrected chi connectivity index (χ0v) is 73.1. The van der Waals surface area contributed by atoms with Gasteiger partial charge in [-0.1, -0.05) is 334 Å². The van der Waals surface area contributed by atoms with Crippen molar-refractivity contribution in [1.82, 2.24) is 9.13 Å². The van der Waals surface area contributed by atoms with Crippen LogP contribution >= 0.6 is 0 Å². The molecule has 4 heterocycles. The third-order valence-electron chi connectivity index (χ3n) is 26.0. The van der Waals surface area contributed by atoms with Gasteiger partial charge in [0, 0.05) is 99.7 Å². The number of anilines is 6. The summed E-state index contributed by atoms with van der Waals surface area (Å²) in [4.78, 5) is 4.69. The highest BCUT2D eigenvalue weighted by Gasteiger charge is 2.23. The molecule has 24 rings (SSSR count). The van der Waals surface area contributed by atoms with Crippen LogP contribution < -0.4 is 9.80 Å². The third-order valence-corrected chi connectivity index (χ3v) is 26.0. The van der Waals surface area contributed by atoms with Crippen molar-refractivity contribution in [2.24, 2.45) is 0 Å². The van der Waals surface area contributed by atoms with Gasteiger partial charge in [0.25, 0.3) is 0 Å². The first kappa shape index (κ1) is 79.3. The van der Waals surface area contributed by atoms with Crippen molar-refractivity contribution in [2.75, 3.05) is 9.80 Å². The Balaban J connectivity index is 0.000000150. The molecule has 0 aliphatic carbocycles. The number of fused-ring (bicyclic) bond motifs is 12. The van der Waals surface area contributed by atoms with Crippen LogP contribution in [0.5, 0.6) is 0 Å². The first-order chi connectivity index (χ1) is 65.1. The van der Waals surface area contributed by atoms with Gasteiger partial charge >= 0.3 is 0 Å². The Kier molecular flexibility index (Phi) is 20.3. The van der Waals surface area contributed by atoms with Crippen molar-refractivity contribution in [2.45, 2.75) is 13.8 Å². The normalized spacial score (nSPS) is 11.5. The third kappa shape index (κ3) is 14.7. The number of hydrogen-bond donors (Lipinski definition) is 0. The van der Waals surface area contributed by atoms with Gasteiger partial charge in [-0.15, -0.1) is 0 Å². The van der Waals surface area contributed by atoms with Crippen LogP contribution in [0, 0.1) is 0 Å². The molecule has 0 aliphatic heterocycles. The van der Waals surface area contributed by atoms with Crippen LogP contribution in [0.3, 0.4) is 0 Å². The van der Waals surface area contributed by atoms with Gasteiger partial charge in [0.05, 0.1) is 22.1 Å². The van der Waals surface area contributed by atoms with E-state index in [1.54, 1.807) is 0 Å². The minimum Gasteiger partial charge on any atom is -0.455 e. The Bertz CT molecular complexity index is 8120. The van der Waals surface area contributed by atoms with Crippen LogP contribution in [0.4, 0.5) is 34.1 Å². The molecule has 0 N–H and O–H groups in total. The highest BCUT2D eigenvalue weighted by atomic mass is 16.3. The van der Waals surface area contributed by atoms with Gasteiger partial charge in [-0.2, -0.15) is 0 Å². The first-order valence-corrected chi connectivity index (χ1v) is 45.0. The van der Waals surface area contributed by atoms with Crippen molar-refractivity contribution >= 4 is 133 Å². The minimum atomic E-state index is 0.895. The van der Waals surface area contributed by atoms with E-state index in [0.29, 0.717) is 0 Å². The number of allylic oxidation sites excluding steroid dienone is 2. The molecule has 0 spiro atoms. The van der Waals surface area contributed by atoms with Crippen LogP contribution in [-0.4, -0.2) is 9.13 Å². The summed E-state index contributed by atoms with van der Waals surface area (Å²) < 4.78 is 17.6. The maximum absolute atomic E-state index is 6.45. The van der Waals surface area contributed by atoms with Crippen LogP contribution in [0.1, 0.15) is 25.0 Å². The quantitative estimate of drug-likeness (QED) is 0.0859. The van der Waals surface area contributed by atoms with E-state index in [2.05, 4.69) is 481 Å². The summed E-state index contributed by atoms with van der Waals surface area (Å²) in [5.74, 6) is 0. The van der Waals surface area contributed by atoms with Gasteiger partial charge in [0.2, 0.25) is 0 Å². The molecule has 6 heteroatoms. The molecule has 0 bridgehead atoms. The number of rotatable bonds is 18. The summed E-state index contributed by atoms with van der Waals surface area (Å²) in [6, 6.07) is 170. The molecule has 624 valence electrons. The Morgan fingerprint density at radius 3 is 0.803 bits per heavy atom. The lowest BCUT2D eigenvalue weighted by Crippen LogP contribution is -2.09. The number of aromatic nitrogens is 2. The number of benzene rings is 20. The highest BCUT2D eigenvalue weighted by Crippen LogP contribution is 2.47. The highest BCUT2D eigenvalue weighted by molar-refractivity contribution is 6.14. The Labute approximate surface area is 767 Å². The molecule has 0 atom stereocenters. The molecule has 0 radical (unpaired) electrons. The van der Waals surface area contributed by atoms with Gasteiger partial charge in [-0.3, -0.25) is 0 Å². The molecule has 0 unspecified atom stereocenters. The molecular formula is C126H88N4O2. The lowest BCUT2D eigenvalue weighted by Gasteiger charge is -2.26. The second-order valence-electron chi connectivity index (χ2n) is 34.2. The van der Waals surface area contributed by atoms with Crippen LogP contribution in [-0.2, 0) is 0 Å². The summed E-state index contributed by atoms with van der Waals surface area (Å²) >= 11 is 0. The summed E-state index contributed by atoms with van der Waals surface area (Å²) in [6.07, 6.45) is 0. The second-order valence-corrected chi connectivity index (χ2v) is 34.2. The summed E-state index contributed by atoms with van der Waals surface area (Å²) in [6.45, 7) is 12.4. The number of furan rings is 2. The van der Waals surface area contributed by atoms with Crippen molar-refractivity contribution in [3.05, 3.63) is 497 Å². The molecule has 0 fully saturated rings. The van der Waals surface area contributed by atoms with E-state index >= 15 is 0 Å². The van der Waals surface area contributed by atoms with E-state index in [0.717, 1.165) is 145 Å². The number of para-hydroxylation sites is 8. The fourth-order valence-corrected chi connectivity index (χ4v) is 19.3. The van der Waals surface area contributed by atoms with Crippen LogP contribution in [0.2, 0.25) is 0 Å². The minimum absolute atomic E-state index is 0.895. The predicted octanol–water partition coefficient (Wildman–Crippen LogP) is 35.7. The van der Waals surface area contributed by atoms with E-state index in [1.165, 1.54) is 99.2 Å². The monoisotopic (exact) mass is 1690 g/mol. The number of nitrogens with zero attached hydrogens (tertiary/aromatic N) is 4. The Hall–Kier alpha value is -17.3. The van der Waals surface area contributed by atoms with E-state index in [1.807, 2.05) is 38.1 Å². The topological polar surface area (TPSA) is 42.6 Å². The molecule has 20 aromatic carbocycles. The van der Waals surface area contributed by atoms with E-state index in [4.69, 9.17) is 8.83 Å². The molecule has 0 aliphatic rings.